The highest BCUT2D eigenvalue weighted by atomic mass is 19.2. The summed E-state index contributed by atoms with van der Waals surface area (Å²) in [6, 6.07) is 1.60. The summed E-state index contributed by atoms with van der Waals surface area (Å²) < 4.78 is 39.9. The maximum atomic E-state index is 13.5. The highest BCUT2D eigenvalue weighted by molar-refractivity contribution is 5.79. The van der Waals surface area contributed by atoms with Crippen LogP contribution in [0.4, 0.5) is 13.2 Å². The minimum atomic E-state index is -1.31. The van der Waals surface area contributed by atoms with Gasteiger partial charge in [0.2, 0.25) is 0 Å². The molecule has 0 amide bonds. The van der Waals surface area contributed by atoms with E-state index in [1.807, 2.05) is 6.92 Å². The number of hydrogen-bond acceptors (Lipinski definition) is 1. The Hall–Kier alpha value is -1.78. The van der Waals surface area contributed by atoms with Gasteiger partial charge in [-0.3, -0.25) is 4.79 Å². The molecule has 0 saturated heterocycles. The van der Waals surface area contributed by atoms with Crippen LogP contribution in [0.1, 0.15) is 19.0 Å². The van der Waals surface area contributed by atoms with Crippen molar-refractivity contribution in [2.75, 3.05) is 0 Å². The predicted octanol–water partition coefficient (Wildman–Crippen LogP) is 2.90. The summed E-state index contributed by atoms with van der Waals surface area (Å²) in [5.74, 6) is -3.58. The number of benzene rings is 1. The van der Waals surface area contributed by atoms with Gasteiger partial charge in [-0.15, -0.1) is 0 Å². The van der Waals surface area contributed by atoms with Gasteiger partial charge >= 0.3 is 0 Å². The molecule has 0 spiro atoms. The number of H-pyrrole nitrogens is 1. The van der Waals surface area contributed by atoms with E-state index in [-0.39, 0.29) is 0 Å². The molecule has 1 heterocycles. The van der Waals surface area contributed by atoms with Crippen LogP contribution in [0.15, 0.2) is 16.9 Å². The molecule has 0 unspecified atom stereocenters. The lowest BCUT2D eigenvalue weighted by atomic mass is 10.1. The fraction of sp³-hybridized carbons (Fsp3) is 0.250. The molecule has 0 fully saturated rings. The van der Waals surface area contributed by atoms with E-state index in [1.165, 1.54) is 6.07 Å². The molecular formula is C12H10F3NO. The Labute approximate surface area is 95.1 Å². The molecule has 0 atom stereocenters. The van der Waals surface area contributed by atoms with Crippen molar-refractivity contribution in [2.24, 2.45) is 0 Å². The van der Waals surface area contributed by atoms with Gasteiger partial charge in [-0.25, -0.2) is 13.2 Å². The van der Waals surface area contributed by atoms with E-state index in [0.717, 1.165) is 6.42 Å². The van der Waals surface area contributed by atoms with E-state index >= 15 is 0 Å². The smallest absolute Gasteiger partial charge is 0.192 e. The van der Waals surface area contributed by atoms with Crippen LogP contribution in [0, 0.1) is 17.5 Å². The summed E-state index contributed by atoms with van der Waals surface area (Å²) in [5, 5.41) is -0.441. The van der Waals surface area contributed by atoms with E-state index < -0.39 is 33.8 Å². The zero-order valence-electron chi connectivity index (χ0n) is 9.11. The number of aryl methyl sites for hydroxylation is 1. The molecule has 0 radical (unpaired) electrons. The number of pyridine rings is 1. The number of hydrogen-bond donors (Lipinski definition) is 1. The Morgan fingerprint density at radius 3 is 2.53 bits per heavy atom. The molecule has 2 nitrogen and oxygen atoms in total. The maximum absolute atomic E-state index is 13.5. The van der Waals surface area contributed by atoms with Crippen molar-refractivity contribution >= 4 is 10.9 Å². The van der Waals surface area contributed by atoms with Gasteiger partial charge < -0.3 is 4.98 Å². The zero-order chi connectivity index (χ0) is 12.6. The van der Waals surface area contributed by atoms with Gasteiger partial charge in [-0.1, -0.05) is 13.3 Å². The van der Waals surface area contributed by atoms with E-state index in [0.29, 0.717) is 18.2 Å². The van der Waals surface area contributed by atoms with Crippen molar-refractivity contribution in [3.05, 3.63) is 45.5 Å². The van der Waals surface area contributed by atoms with Gasteiger partial charge in [0.05, 0.1) is 10.9 Å². The Morgan fingerprint density at radius 2 is 1.88 bits per heavy atom. The second kappa shape index (κ2) is 4.24. The van der Waals surface area contributed by atoms with Crippen LogP contribution in [0.3, 0.4) is 0 Å². The molecule has 2 rings (SSSR count). The monoisotopic (exact) mass is 241 g/mol. The lowest BCUT2D eigenvalue weighted by molar-refractivity contribution is 0.503. The molecule has 0 aliphatic heterocycles. The number of aromatic nitrogens is 1. The molecule has 1 N–H and O–H groups in total. The number of fused-ring (bicyclic) bond motifs is 1. The molecule has 17 heavy (non-hydrogen) atoms. The van der Waals surface area contributed by atoms with E-state index in [4.69, 9.17) is 0 Å². The lowest BCUT2D eigenvalue weighted by Gasteiger charge is -2.05. The first kappa shape index (κ1) is 11.7. The van der Waals surface area contributed by atoms with Crippen molar-refractivity contribution < 1.29 is 13.2 Å². The highest BCUT2D eigenvalue weighted by Gasteiger charge is 2.15. The van der Waals surface area contributed by atoms with Crippen molar-refractivity contribution in [1.29, 1.82) is 0 Å². The molecule has 0 saturated carbocycles. The quantitative estimate of drug-likeness (QED) is 0.806. The average Bonchev–Trinajstić information content (AvgIpc) is 2.25. The topological polar surface area (TPSA) is 32.9 Å². The fourth-order valence-electron chi connectivity index (χ4n) is 1.78. The summed E-state index contributed by atoms with van der Waals surface area (Å²) in [7, 11) is 0. The van der Waals surface area contributed by atoms with Crippen LogP contribution in [-0.2, 0) is 6.42 Å². The lowest BCUT2D eigenvalue weighted by Crippen LogP contribution is -2.09. The molecule has 2 aromatic rings. The Balaban J connectivity index is 2.86. The molecule has 0 aliphatic rings. The first-order valence-corrected chi connectivity index (χ1v) is 5.24. The Kier molecular flexibility index (Phi) is 2.92. The van der Waals surface area contributed by atoms with Crippen LogP contribution in [0.5, 0.6) is 0 Å². The normalized spacial score (nSPS) is 11.1. The highest BCUT2D eigenvalue weighted by Crippen LogP contribution is 2.19. The van der Waals surface area contributed by atoms with Gasteiger partial charge in [-0.05, 0) is 6.42 Å². The van der Waals surface area contributed by atoms with Crippen molar-refractivity contribution in [3.8, 4) is 0 Å². The second-order valence-corrected chi connectivity index (χ2v) is 3.81. The number of aromatic amines is 1. The fourth-order valence-corrected chi connectivity index (χ4v) is 1.78. The molecule has 0 bridgehead atoms. The third kappa shape index (κ3) is 1.92. The SMILES string of the molecule is CCCc1cc(=O)c2c(F)cc(F)c(F)c2[nH]1. The standard InChI is InChI=1S/C12H10F3NO/c1-2-3-6-4-9(17)10-7(13)5-8(14)11(15)12(10)16-6/h4-5H,2-3H2,1H3,(H,16,17). The average molecular weight is 241 g/mol. The second-order valence-electron chi connectivity index (χ2n) is 3.81. The molecule has 5 heteroatoms. The Morgan fingerprint density at radius 1 is 1.18 bits per heavy atom. The Bertz CT molecular complexity index is 634. The minimum Gasteiger partial charge on any atom is -0.356 e. The van der Waals surface area contributed by atoms with Crippen molar-refractivity contribution in [1.82, 2.24) is 4.98 Å². The first-order chi connectivity index (χ1) is 8.04. The third-order valence-electron chi connectivity index (χ3n) is 2.53. The van der Waals surface area contributed by atoms with Crippen LogP contribution in [-0.4, -0.2) is 4.98 Å². The van der Waals surface area contributed by atoms with E-state index in [9.17, 15) is 18.0 Å². The number of nitrogens with one attached hydrogen (secondary N) is 1. The van der Waals surface area contributed by atoms with Crippen LogP contribution in [0.25, 0.3) is 10.9 Å². The summed E-state index contributed by atoms with van der Waals surface area (Å²) in [6.07, 6.45) is 1.25. The van der Waals surface area contributed by atoms with Crippen molar-refractivity contribution in [2.45, 2.75) is 19.8 Å². The zero-order valence-corrected chi connectivity index (χ0v) is 9.11. The molecule has 1 aromatic carbocycles. The summed E-state index contributed by atoms with van der Waals surface area (Å²) in [6.45, 7) is 1.88. The van der Waals surface area contributed by atoms with Gasteiger partial charge in [-0.2, -0.15) is 0 Å². The largest absolute Gasteiger partial charge is 0.356 e. The summed E-state index contributed by atoms with van der Waals surface area (Å²) in [5.41, 5.74) is -0.578. The van der Waals surface area contributed by atoms with Gasteiger partial charge in [0.1, 0.15) is 5.82 Å². The predicted molar refractivity (Wildman–Crippen MR) is 58.4 cm³/mol. The van der Waals surface area contributed by atoms with Crippen LogP contribution in [0.2, 0.25) is 0 Å². The minimum absolute atomic E-state index is 0.381. The molecule has 0 aliphatic carbocycles. The number of rotatable bonds is 2. The number of halogens is 3. The van der Waals surface area contributed by atoms with Gasteiger partial charge in [0.15, 0.2) is 17.1 Å². The summed E-state index contributed by atoms with van der Waals surface area (Å²) in [4.78, 5) is 14.2. The summed E-state index contributed by atoms with van der Waals surface area (Å²) >= 11 is 0. The van der Waals surface area contributed by atoms with Gasteiger partial charge in [0.25, 0.3) is 0 Å². The van der Waals surface area contributed by atoms with Crippen LogP contribution >= 0.6 is 0 Å². The maximum Gasteiger partial charge on any atom is 0.192 e. The first-order valence-electron chi connectivity index (χ1n) is 5.24. The van der Waals surface area contributed by atoms with E-state index in [2.05, 4.69) is 4.98 Å². The molecule has 90 valence electrons. The van der Waals surface area contributed by atoms with Gasteiger partial charge in [0, 0.05) is 17.8 Å². The van der Waals surface area contributed by atoms with Crippen LogP contribution < -0.4 is 5.43 Å². The third-order valence-corrected chi connectivity index (χ3v) is 2.53. The molecular weight excluding hydrogens is 231 g/mol. The van der Waals surface area contributed by atoms with Crippen molar-refractivity contribution in [3.63, 3.8) is 0 Å². The van der Waals surface area contributed by atoms with E-state index in [1.54, 1.807) is 0 Å². The molecule has 1 aromatic heterocycles.